The fourth-order valence-corrected chi connectivity index (χ4v) is 1.57. The maximum atomic E-state index is 9.86. The summed E-state index contributed by atoms with van der Waals surface area (Å²) in [5.41, 5.74) is 1.66. The number of nitrogens with one attached hydrogen (secondary N) is 1. The van der Waals surface area contributed by atoms with Crippen LogP contribution in [-0.4, -0.2) is 30.4 Å². The largest absolute Gasteiger partial charge is 0.395 e. The Hall–Kier alpha value is -0.900. The summed E-state index contributed by atoms with van der Waals surface area (Å²) in [6, 6.07) is 7.75. The smallest absolute Gasteiger partial charge is 0.0914 e. The lowest BCUT2D eigenvalue weighted by Gasteiger charge is -2.23. The van der Waals surface area contributed by atoms with Crippen LogP contribution in [0.2, 0.25) is 0 Å². The third kappa shape index (κ3) is 3.04. The van der Waals surface area contributed by atoms with Crippen molar-refractivity contribution in [2.24, 2.45) is 0 Å². The van der Waals surface area contributed by atoms with E-state index in [0.29, 0.717) is 6.54 Å². The number of aliphatic hydroxyl groups excluding tert-OH is 2. The molecule has 1 unspecified atom stereocenters. The zero-order chi connectivity index (χ0) is 12.2. The second-order valence-corrected chi connectivity index (χ2v) is 4.74. The SMILES string of the molecule is CNCC(O)c1cccc(C(C)(C)CO)c1. The Morgan fingerprint density at radius 1 is 1.38 bits per heavy atom. The fourth-order valence-electron chi connectivity index (χ4n) is 1.57. The number of aliphatic hydroxyl groups is 2. The van der Waals surface area contributed by atoms with E-state index < -0.39 is 6.10 Å². The molecule has 0 spiro atoms. The maximum absolute atomic E-state index is 9.86. The molecule has 0 radical (unpaired) electrons. The molecule has 0 aliphatic carbocycles. The Bertz CT molecular complexity index is 336. The van der Waals surface area contributed by atoms with Crippen LogP contribution in [0.15, 0.2) is 24.3 Å². The maximum Gasteiger partial charge on any atom is 0.0914 e. The van der Waals surface area contributed by atoms with Gasteiger partial charge in [-0.3, -0.25) is 0 Å². The van der Waals surface area contributed by atoms with Gasteiger partial charge >= 0.3 is 0 Å². The lowest BCUT2D eigenvalue weighted by atomic mass is 9.84. The molecular weight excluding hydrogens is 202 g/mol. The van der Waals surface area contributed by atoms with E-state index in [1.807, 2.05) is 45.2 Å². The highest BCUT2D eigenvalue weighted by Crippen LogP contribution is 2.25. The molecule has 0 bridgehead atoms. The first-order valence-electron chi connectivity index (χ1n) is 5.55. The van der Waals surface area contributed by atoms with Crippen LogP contribution in [0.4, 0.5) is 0 Å². The zero-order valence-electron chi connectivity index (χ0n) is 10.2. The summed E-state index contributed by atoms with van der Waals surface area (Å²) in [4.78, 5) is 0. The highest BCUT2D eigenvalue weighted by Gasteiger charge is 2.20. The predicted molar refractivity (Wildman–Crippen MR) is 65.4 cm³/mol. The molecule has 3 heteroatoms. The third-order valence-electron chi connectivity index (χ3n) is 2.85. The molecule has 0 heterocycles. The van der Waals surface area contributed by atoms with E-state index in [9.17, 15) is 10.2 Å². The van der Waals surface area contributed by atoms with Crippen molar-refractivity contribution in [2.75, 3.05) is 20.2 Å². The minimum atomic E-state index is -0.501. The van der Waals surface area contributed by atoms with Crippen LogP contribution in [0.1, 0.15) is 31.1 Å². The van der Waals surface area contributed by atoms with E-state index in [0.717, 1.165) is 11.1 Å². The Balaban J connectivity index is 2.95. The summed E-state index contributed by atoms with van der Waals surface area (Å²) in [7, 11) is 1.81. The van der Waals surface area contributed by atoms with Crippen molar-refractivity contribution in [3.8, 4) is 0 Å². The molecule has 1 atom stereocenters. The van der Waals surface area contributed by atoms with Gasteiger partial charge in [0.05, 0.1) is 12.7 Å². The second kappa shape index (κ2) is 5.43. The molecule has 0 aliphatic heterocycles. The highest BCUT2D eigenvalue weighted by atomic mass is 16.3. The summed E-state index contributed by atoms with van der Waals surface area (Å²) in [6.45, 7) is 4.59. The van der Waals surface area contributed by atoms with E-state index in [4.69, 9.17) is 0 Å². The Morgan fingerprint density at radius 2 is 2.06 bits per heavy atom. The van der Waals surface area contributed by atoms with E-state index in [1.165, 1.54) is 0 Å². The molecule has 0 fully saturated rings. The quantitative estimate of drug-likeness (QED) is 0.703. The van der Waals surface area contributed by atoms with Gasteiger partial charge in [-0.15, -0.1) is 0 Å². The van der Waals surface area contributed by atoms with Gasteiger partial charge in [0.15, 0.2) is 0 Å². The molecule has 3 N–H and O–H groups in total. The van der Waals surface area contributed by atoms with Crippen LogP contribution in [0.5, 0.6) is 0 Å². The van der Waals surface area contributed by atoms with Gasteiger partial charge in [0.2, 0.25) is 0 Å². The first-order valence-corrected chi connectivity index (χ1v) is 5.55. The third-order valence-corrected chi connectivity index (χ3v) is 2.85. The number of benzene rings is 1. The molecule has 0 saturated carbocycles. The van der Waals surface area contributed by atoms with Crippen molar-refractivity contribution in [1.29, 1.82) is 0 Å². The standard InChI is InChI=1S/C13H21NO2/c1-13(2,9-15)11-6-4-5-10(7-11)12(16)8-14-3/h4-7,12,14-16H,8-9H2,1-3H3. The van der Waals surface area contributed by atoms with E-state index in [1.54, 1.807) is 0 Å². The molecule has 90 valence electrons. The first-order chi connectivity index (χ1) is 7.51. The summed E-state index contributed by atoms with van der Waals surface area (Å²) >= 11 is 0. The molecule has 1 aromatic rings. The molecule has 1 rings (SSSR count). The minimum Gasteiger partial charge on any atom is -0.395 e. The van der Waals surface area contributed by atoms with Gasteiger partial charge < -0.3 is 15.5 Å². The highest BCUT2D eigenvalue weighted by molar-refractivity contribution is 5.30. The van der Waals surface area contributed by atoms with Crippen molar-refractivity contribution in [3.05, 3.63) is 35.4 Å². The molecule has 0 aromatic heterocycles. The van der Waals surface area contributed by atoms with Crippen LogP contribution < -0.4 is 5.32 Å². The van der Waals surface area contributed by atoms with Gasteiger partial charge in [0, 0.05) is 12.0 Å². The normalized spacial score (nSPS) is 13.8. The fraction of sp³-hybridized carbons (Fsp3) is 0.538. The van der Waals surface area contributed by atoms with Gasteiger partial charge in [-0.2, -0.15) is 0 Å². The van der Waals surface area contributed by atoms with Crippen LogP contribution in [0.3, 0.4) is 0 Å². The minimum absolute atomic E-state index is 0.0958. The summed E-state index contributed by atoms with van der Waals surface area (Å²) in [5, 5.41) is 22.1. The average Bonchev–Trinajstić information content (AvgIpc) is 2.29. The van der Waals surface area contributed by atoms with Crippen molar-refractivity contribution < 1.29 is 10.2 Å². The van der Waals surface area contributed by atoms with Gasteiger partial charge in [-0.05, 0) is 18.2 Å². The lowest BCUT2D eigenvalue weighted by molar-refractivity contribution is 0.177. The summed E-state index contributed by atoms with van der Waals surface area (Å²) < 4.78 is 0. The Morgan fingerprint density at radius 3 is 2.62 bits per heavy atom. The van der Waals surface area contributed by atoms with Crippen LogP contribution >= 0.6 is 0 Å². The molecule has 1 aromatic carbocycles. The van der Waals surface area contributed by atoms with Crippen LogP contribution in [0.25, 0.3) is 0 Å². The topological polar surface area (TPSA) is 52.5 Å². The van der Waals surface area contributed by atoms with Crippen molar-refractivity contribution in [2.45, 2.75) is 25.4 Å². The van der Waals surface area contributed by atoms with E-state index >= 15 is 0 Å². The number of hydrogen-bond donors (Lipinski definition) is 3. The molecule has 16 heavy (non-hydrogen) atoms. The molecule has 0 aliphatic rings. The van der Waals surface area contributed by atoms with E-state index in [-0.39, 0.29) is 12.0 Å². The predicted octanol–water partition coefficient (Wildman–Crippen LogP) is 1.21. The first kappa shape index (κ1) is 13.2. The van der Waals surface area contributed by atoms with Gasteiger partial charge in [0.25, 0.3) is 0 Å². The molecule has 3 nitrogen and oxygen atoms in total. The number of likely N-dealkylation sites (N-methyl/N-ethyl adjacent to an activating group) is 1. The monoisotopic (exact) mass is 223 g/mol. The summed E-state index contributed by atoms with van der Waals surface area (Å²) in [6.07, 6.45) is -0.501. The van der Waals surface area contributed by atoms with Crippen molar-refractivity contribution >= 4 is 0 Å². The van der Waals surface area contributed by atoms with Gasteiger partial charge in [0.1, 0.15) is 0 Å². The number of hydrogen-bond acceptors (Lipinski definition) is 3. The van der Waals surface area contributed by atoms with Gasteiger partial charge in [-0.25, -0.2) is 0 Å². The second-order valence-electron chi connectivity index (χ2n) is 4.74. The molecular formula is C13H21NO2. The Labute approximate surface area is 97.1 Å². The van der Waals surface area contributed by atoms with Gasteiger partial charge in [-0.1, -0.05) is 38.1 Å². The molecule has 0 amide bonds. The molecule has 0 saturated heterocycles. The van der Waals surface area contributed by atoms with E-state index in [2.05, 4.69) is 5.32 Å². The summed E-state index contributed by atoms with van der Waals surface area (Å²) in [5.74, 6) is 0. The lowest BCUT2D eigenvalue weighted by Crippen LogP contribution is -2.23. The average molecular weight is 223 g/mol. The Kier molecular flexibility index (Phi) is 4.47. The zero-order valence-corrected chi connectivity index (χ0v) is 10.2. The van der Waals surface area contributed by atoms with Crippen molar-refractivity contribution in [3.63, 3.8) is 0 Å². The van der Waals surface area contributed by atoms with Crippen LogP contribution in [-0.2, 0) is 5.41 Å². The van der Waals surface area contributed by atoms with Crippen LogP contribution in [0, 0.1) is 0 Å². The van der Waals surface area contributed by atoms with Crippen molar-refractivity contribution in [1.82, 2.24) is 5.32 Å². The number of rotatable bonds is 5.